The monoisotopic (exact) mass is 414 g/mol. The lowest BCUT2D eigenvalue weighted by molar-refractivity contribution is -0.123. The van der Waals surface area contributed by atoms with E-state index in [1.54, 1.807) is 20.8 Å². The van der Waals surface area contributed by atoms with Gasteiger partial charge in [0, 0.05) is 11.4 Å². The van der Waals surface area contributed by atoms with Crippen molar-refractivity contribution in [3.63, 3.8) is 0 Å². The van der Waals surface area contributed by atoms with Crippen molar-refractivity contribution < 1.29 is 23.9 Å². The zero-order valence-electron chi connectivity index (χ0n) is 18.4. The van der Waals surface area contributed by atoms with E-state index in [4.69, 9.17) is 9.47 Å². The zero-order valence-corrected chi connectivity index (χ0v) is 18.4. The van der Waals surface area contributed by atoms with Gasteiger partial charge in [-0.25, -0.2) is 9.59 Å². The number of aryl methyl sites for hydroxylation is 1. The number of carbonyl (C=O) groups is 3. The lowest BCUT2D eigenvalue weighted by Gasteiger charge is -2.18. The first kappa shape index (κ1) is 23.2. The van der Waals surface area contributed by atoms with Crippen molar-refractivity contribution in [2.75, 3.05) is 11.9 Å². The number of anilines is 1. The van der Waals surface area contributed by atoms with Crippen LogP contribution in [0.1, 0.15) is 77.7 Å². The molecule has 0 saturated carbocycles. The van der Waals surface area contributed by atoms with Crippen LogP contribution in [0.4, 0.5) is 5.69 Å². The summed E-state index contributed by atoms with van der Waals surface area (Å²) in [7, 11) is 0. The van der Waals surface area contributed by atoms with Crippen LogP contribution in [0.3, 0.4) is 0 Å². The number of H-pyrrole nitrogens is 1. The van der Waals surface area contributed by atoms with E-state index in [1.165, 1.54) is 6.92 Å². The Bertz CT molecular complexity index is 932. The summed E-state index contributed by atoms with van der Waals surface area (Å²) in [5, 5.41) is 2.85. The SMILES string of the molecule is CCOC(=O)c1c(C)[nH]c(C(=O)O[C@H](C)C(=O)Nc2ccccc2[C@@H](C)CC)c1C. The lowest BCUT2D eigenvalue weighted by atomic mass is 9.97. The van der Waals surface area contributed by atoms with E-state index in [0.717, 1.165) is 12.0 Å². The Hall–Kier alpha value is -3.09. The first-order valence-electron chi connectivity index (χ1n) is 10.2. The van der Waals surface area contributed by atoms with E-state index in [1.807, 2.05) is 24.3 Å². The molecule has 30 heavy (non-hydrogen) atoms. The Labute approximate surface area is 177 Å². The molecule has 1 aromatic carbocycles. The van der Waals surface area contributed by atoms with Crippen LogP contribution in [0.2, 0.25) is 0 Å². The number of carbonyl (C=O) groups excluding carboxylic acids is 3. The number of esters is 2. The van der Waals surface area contributed by atoms with Gasteiger partial charge in [-0.15, -0.1) is 0 Å². The molecule has 0 radical (unpaired) electrons. The first-order valence-corrected chi connectivity index (χ1v) is 10.2. The smallest absolute Gasteiger partial charge is 0.355 e. The van der Waals surface area contributed by atoms with Gasteiger partial charge in [-0.05, 0) is 57.2 Å². The number of rotatable bonds is 8. The van der Waals surface area contributed by atoms with Gasteiger partial charge in [-0.2, -0.15) is 0 Å². The number of para-hydroxylation sites is 1. The fourth-order valence-corrected chi connectivity index (χ4v) is 3.23. The van der Waals surface area contributed by atoms with E-state index in [2.05, 4.69) is 24.1 Å². The third kappa shape index (κ3) is 5.09. The minimum atomic E-state index is -1.02. The van der Waals surface area contributed by atoms with Crippen molar-refractivity contribution >= 4 is 23.5 Å². The van der Waals surface area contributed by atoms with Crippen LogP contribution in [0.15, 0.2) is 24.3 Å². The average Bonchev–Trinajstić information content (AvgIpc) is 3.02. The number of hydrogen-bond acceptors (Lipinski definition) is 5. The molecule has 2 atom stereocenters. The van der Waals surface area contributed by atoms with Crippen molar-refractivity contribution in [3.8, 4) is 0 Å². The van der Waals surface area contributed by atoms with Gasteiger partial charge in [0.2, 0.25) is 0 Å². The molecule has 2 aromatic rings. The maximum atomic E-state index is 12.6. The van der Waals surface area contributed by atoms with E-state index < -0.39 is 23.9 Å². The molecule has 7 nitrogen and oxygen atoms in total. The second kappa shape index (κ2) is 10.1. The van der Waals surface area contributed by atoms with Crippen LogP contribution in [0, 0.1) is 13.8 Å². The van der Waals surface area contributed by atoms with Gasteiger partial charge in [-0.3, -0.25) is 4.79 Å². The molecular formula is C23H30N2O5. The Morgan fingerprint density at radius 3 is 2.37 bits per heavy atom. The van der Waals surface area contributed by atoms with Crippen LogP contribution in [0.5, 0.6) is 0 Å². The summed E-state index contributed by atoms with van der Waals surface area (Å²) in [4.78, 5) is 40.2. The first-order chi connectivity index (χ1) is 14.2. The maximum absolute atomic E-state index is 12.6. The summed E-state index contributed by atoms with van der Waals surface area (Å²) >= 11 is 0. The molecule has 2 rings (SSSR count). The predicted molar refractivity (Wildman–Crippen MR) is 115 cm³/mol. The number of ether oxygens (including phenoxy) is 2. The highest BCUT2D eigenvalue weighted by Crippen LogP contribution is 2.27. The van der Waals surface area contributed by atoms with Crippen LogP contribution in [0.25, 0.3) is 0 Å². The average molecular weight is 415 g/mol. The molecule has 0 fully saturated rings. The maximum Gasteiger partial charge on any atom is 0.355 e. The quantitative estimate of drug-likeness (QED) is 0.620. The van der Waals surface area contributed by atoms with Crippen molar-refractivity contribution in [2.45, 2.75) is 60.0 Å². The van der Waals surface area contributed by atoms with Crippen LogP contribution < -0.4 is 5.32 Å². The Morgan fingerprint density at radius 2 is 1.73 bits per heavy atom. The molecule has 0 aliphatic carbocycles. The summed E-state index contributed by atoms with van der Waals surface area (Å²) in [5.41, 5.74) is 3.12. The van der Waals surface area contributed by atoms with Crippen LogP contribution in [-0.4, -0.2) is 35.5 Å². The van der Waals surface area contributed by atoms with E-state index in [9.17, 15) is 14.4 Å². The minimum absolute atomic E-state index is 0.134. The lowest BCUT2D eigenvalue weighted by Crippen LogP contribution is -2.30. The molecule has 2 N–H and O–H groups in total. The molecule has 0 bridgehead atoms. The molecule has 1 amide bonds. The van der Waals surface area contributed by atoms with Gasteiger partial charge in [0.05, 0.1) is 12.2 Å². The van der Waals surface area contributed by atoms with Gasteiger partial charge in [0.15, 0.2) is 6.10 Å². The van der Waals surface area contributed by atoms with Gasteiger partial charge in [0.1, 0.15) is 5.69 Å². The largest absolute Gasteiger partial charge is 0.462 e. The van der Waals surface area contributed by atoms with Crippen molar-refractivity contribution in [2.24, 2.45) is 0 Å². The topological polar surface area (TPSA) is 97.5 Å². The summed E-state index contributed by atoms with van der Waals surface area (Å²) in [5.74, 6) is -1.35. The van der Waals surface area contributed by atoms with Gasteiger partial charge in [0.25, 0.3) is 5.91 Å². The van der Waals surface area contributed by atoms with Gasteiger partial charge < -0.3 is 19.8 Å². The zero-order chi connectivity index (χ0) is 22.4. The van der Waals surface area contributed by atoms with E-state index in [-0.39, 0.29) is 18.2 Å². The molecule has 0 saturated heterocycles. The summed E-state index contributed by atoms with van der Waals surface area (Å²) in [6.07, 6.45) is -0.0809. The Kier molecular flexibility index (Phi) is 7.80. The minimum Gasteiger partial charge on any atom is -0.462 e. The van der Waals surface area contributed by atoms with Crippen LogP contribution in [-0.2, 0) is 14.3 Å². The second-order valence-electron chi connectivity index (χ2n) is 7.28. The number of benzene rings is 1. The molecule has 1 heterocycles. The molecular weight excluding hydrogens is 384 g/mol. The summed E-state index contributed by atoms with van der Waals surface area (Å²) in [6, 6.07) is 7.58. The van der Waals surface area contributed by atoms with Crippen molar-refractivity contribution in [1.29, 1.82) is 0 Å². The third-order valence-corrected chi connectivity index (χ3v) is 5.14. The van der Waals surface area contributed by atoms with Crippen molar-refractivity contribution in [3.05, 3.63) is 52.3 Å². The molecule has 7 heteroatoms. The number of aromatic amines is 1. The Morgan fingerprint density at radius 1 is 1.07 bits per heavy atom. The highest BCUT2D eigenvalue weighted by Gasteiger charge is 2.26. The predicted octanol–water partition coefficient (Wildman–Crippen LogP) is 4.51. The number of hydrogen-bond donors (Lipinski definition) is 2. The molecule has 0 aliphatic rings. The fraction of sp³-hybridized carbons (Fsp3) is 0.435. The van der Waals surface area contributed by atoms with Gasteiger partial charge >= 0.3 is 11.9 Å². The van der Waals surface area contributed by atoms with Crippen molar-refractivity contribution in [1.82, 2.24) is 4.98 Å². The Balaban J connectivity index is 2.13. The normalized spacial score (nSPS) is 12.7. The molecule has 0 aliphatic heterocycles. The molecule has 0 spiro atoms. The van der Waals surface area contributed by atoms with Gasteiger partial charge in [-0.1, -0.05) is 32.0 Å². The van der Waals surface area contributed by atoms with E-state index in [0.29, 0.717) is 22.5 Å². The standard InChI is InChI=1S/C23H30N2O5/c1-7-13(3)17-11-9-10-12-18(17)25-21(26)16(6)30-23(28)20-14(4)19(15(5)24-20)22(27)29-8-2/h9-13,16,24H,7-8H2,1-6H3,(H,25,26)/t13-,16+/m0/s1. The summed E-state index contributed by atoms with van der Waals surface area (Å²) < 4.78 is 10.4. The fourth-order valence-electron chi connectivity index (χ4n) is 3.23. The van der Waals surface area contributed by atoms with E-state index >= 15 is 0 Å². The summed E-state index contributed by atoms with van der Waals surface area (Å²) in [6.45, 7) is 10.9. The molecule has 1 aromatic heterocycles. The number of nitrogens with one attached hydrogen (secondary N) is 2. The van der Waals surface area contributed by atoms with Crippen LogP contribution >= 0.6 is 0 Å². The highest BCUT2D eigenvalue weighted by atomic mass is 16.5. The highest BCUT2D eigenvalue weighted by molar-refractivity contribution is 6.00. The third-order valence-electron chi connectivity index (χ3n) is 5.14. The number of aromatic nitrogens is 1. The number of amides is 1. The molecule has 162 valence electrons. The molecule has 0 unspecified atom stereocenters. The second-order valence-corrected chi connectivity index (χ2v) is 7.28.